The fourth-order valence-corrected chi connectivity index (χ4v) is 3.94. The third-order valence-corrected chi connectivity index (χ3v) is 5.66. The standard InChI is InChI=1S/C16H26N2O3/c1-16(8-9-16)10-17-15(21)18-12-5-3-2-4-11(12)6-7-13(18)14(19)20/h11-13H,2-10H2,1H3,(H,17,21)(H,19,20). The van der Waals surface area contributed by atoms with E-state index < -0.39 is 12.0 Å². The zero-order chi connectivity index (χ0) is 15.0. The normalized spacial score (nSPS) is 34.0. The minimum atomic E-state index is -0.855. The van der Waals surface area contributed by atoms with Crippen molar-refractivity contribution in [2.75, 3.05) is 6.54 Å². The summed E-state index contributed by atoms with van der Waals surface area (Å²) < 4.78 is 0. The summed E-state index contributed by atoms with van der Waals surface area (Å²) in [5, 5.41) is 12.5. The highest BCUT2D eigenvalue weighted by molar-refractivity contribution is 5.83. The third kappa shape index (κ3) is 3.01. The van der Waals surface area contributed by atoms with E-state index in [2.05, 4.69) is 12.2 Å². The van der Waals surface area contributed by atoms with E-state index in [-0.39, 0.29) is 17.5 Å². The molecule has 5 nitrogen and oxygen atoms in total. The number of hydrogen-bond donors (Lipinski definition) is 2. The number of rotatable bonds is 3. The molecule has 2 aliphatic carbocycles. The molecule has 2 N–H and O–H groups in total. The highest BCUT2D eigenvalue weighted by Crippen LogP contribution is 2.44. The van der Waals surface area contributed by atoms with Crippen LogP contribution in [0.4, 0.5) is 4.79 Å². The second kappa shape index (κ2) is 5.50. The van der Waals surface area contributed by atoms with Gasteiger partial charge in [-0.05, 0) is 49.9 Å². The Kier molecular flexibility index (Phi) is 3.84. The Hall–Kier alpha value is -1.26. The largest absolute Gasteiger partial charge is 0.480 e. The molecule has 1 aliphatic heterocycles. The number of aliphatic carboxylic acids is 1. The van der Waals surface area contributed by atoms with Gasteiger partial charge in [-0.15, -0.1) is 0 Å². The van der Waals surface area contributed by atoms with Gasteiger partial charge in [-0.2, -0.15) is 0 Å². The van der Waals surface area contributed by atoms with Gasteiger partial charge in [-0.25, -0.2) is 9.59 Å². The molecule has 0 aromatic rings. The average molecular weight is 294 g/mol. The van der Waals surface area contributed by atoms with Gasteiger partial charge in [-0.3, -0.25) is 0 Å². The van der Waals surface area contributed by atoms with Crippen molar-refractivity contribution >= 4 is 12.0 Å². The monoisotopic (exact) mass is 294 g/mol. The summed E-state index contributed by atoms with van der Waals surface area (Å²) >= 11 is 0. The molecule has 0 radical (unpaired) electrons. The maximum absolute atomic E-state index is 12.6. The van der Waals surface area contributed by atoms with E-state index in [4.69, 9.17) is 0 Å². The molecule has 3 rings (SSSR count). The van der Waals surface area contributed by atoms with Crippen LogP contribution in [0.1, 0.15) is 58.3 Å². The van der Waals surface area contributed by atoms with Crippen molar-refractivity contribution in [3.8, 4) is 0 Å². The van der Waals surface area contributed by atoms with Crippen LogP contribution in [-0.2, 0) is 4.79 Å². The molecule has 5 heteroatoms. The topological polar surface area (TPSA) is 69.6 Å². The van der Waals surface area contributed by atoms with Crippen LogP contribution >= 0.6 is 0 Å². The molecule has 118 valence electrons. The molecule has 2 amide bonds. The Morgan fingerprint density at radius 3 is 2.57 bits per heavy atom. The van der Waals surface area contributed by atoms with Crippen LogP contribution < -0.4 is 5.32 Å². The maximum atomic E-state index is 12.6. The smallest absolute Gasteiger partial charge is 0.326 e. The Balaban J connectivity index is 1.71. The number of carbonyl (C=O) groups is 2. The number of amides is 2. The van der Waals surface area contributed by atoms with Crippen molar-refractivity contribution in [2.45, 2.75) is 70.4 Å². The first kappa shape index (κ1) is 14.7. The molecule has 3 unspecified atom stereocenters. The highest BCUT2D eigenvalue weighted by Gasteiger charge is 2.45. The third-order valence-electron chi connectivity index (χ3n) is 5.66. The van der Waals surface area contributed by atoms with Crippen LogP contribution in [0.3, 0.4) is 0 Å². The van der Waals surface area contributed by atoms with Gasteiger partial charge in [0.2, 0.25) is 0 Å². The minimum Gasteiger partial charge on any atom is -0.480 e. The van der Waals surface area contributed by atoms with Gasteiger partial charge in [0.1, 0.15) is 6.04 Å². The summed E-state index contributed by atoms with van der Waals surface area (Å²) in [7, 11) is 0. The quantitative estimate of drug-likeness (QED) is 0.840. The van der Waals surface area contributed by atoms with Crippen molar-refractivity contribution in [1.82, 2.24) is 10.2 Å². The highest BCUT2D eigenvalue weighted by atomic mass is 16.4. The molecule has 1 heterocycles. The number of carboxylic acid groups (broad SMARTS) is 1. The van der Waals surface area contributed by atoms with Crippen molar-refractivity contribution in [1.29, 1.82) is 0 Å². The molecule has 3 aliphatic rings. The van der Waals surface area contributed by atoms with E-state index in [1.807, 2.05) is 0 Å². The fourth-order valence-electron chi connectivity index (χ4n) is 3.94. The van der Waals surface area contributed by atoms with E-state index in [0.717, 1.165) is 38.5 Å². The van der Waals surface area contributed by atoms with Gasteiger partial charge in [0.05, 0.1) is 0 Å². The van der Waals surface area contributed by atoms with Gasteiger partial charge in [-0.1, -0.05) is 19.8 Å². The number of urea groups is 1. The molecule has 21 heavy (non-hydrogen) atoms. The molecular formula is C16H26N2O3. The lowest BCUT2D eigenvalue weighted by Gasteiger charge is -2.47. The lowest BCUT2D eigenvalue weighted by molar-refractivity contribution is -0.145. The molecule has 0 spiro atoms. The first-order valence-corrected chi connectivity index (χ1v) is 8.29. The van der Waals surface area contributed by atoms with Gasteiger partial charge in [0.25, 0.3) is 0 Å². The van der Waals surface area contributed by atoms with Crippen molar-refractivity contribution in [2.24, 2.45) is 11.3 Å². The van der Waals surface area contributed by atoms with Crippen LogP contribution in [-0.4, -0.2) is 40.6 Å². The molecule has 0 aromatic heterocycles. The first-order valence-electron chi connectivity index (χ1n) is 8.29. The van der Waals surface area contributed by atoms with Crippen molar-refractivity contribution in [3.05, 3.63) is 0 Å². The number of carbonyl (C=O) groups excluding carboxylic acids is 1. The van der Waals surface area contributed by atoms with Crippen LogP contribution in [0, 0.1) is 11.3 Å². The lowest BCUT2D eigenvalue weighted by atomic mass is 9.76. The molecule has 0 aromatic carbocycles. The van der Waals surface area contributed by atoms with Crippen LogP contribution in [0.2, 0.25) is 0 Å². The lowest BCUT2D eigenvalue weighted by Crippen LogP contribution is -2.60. The molecular weight excluding hydrogens is 268 g/mol. The Morgan fingerprint density at radius 2 is 1.90 bits per heavy atom. The van der Waals surface area contributed by atoms with E-state index >= 15 is 0 Å². The summed E-state index contributed by atoms with van der Waals surface area (Å²) in [5.41, 5.74) is 0.246. The van der Waals surface area contributed by atoms with E-state index in [9.17, 15) is 14.7 Å². The fraction of sp³-hybridized carbons (Fsp3) is 0.875. The summed E-state index contributed by atoms with van der Waals surface area (Å²) in [6.45, 7) is 2.84. The van der Waals surface area contributed by atoms with Crippen LogP contribution in [0.5, 0.6) is 0 Å². The zero-order valence-corrected chi connectivity index (χ0v) is 12.8. The second-order valence-electron chi connectivity index (χ2n) is 7.42. The first-order chi connectivity index (χ1) is 10.0. The number of nitrogens with one attached hydrogen (secondary N) is 1. The van der Waals surface area contributed by atoms with E-state index in [0.29, 0.717) is 18.9 Å². The number of likely N-dealkylation sites (tertiary alicyclic amines) is 1. The number of nitrogens with zero attached hydrogens (tertiary/aromatic N) is 1. The minimum absolute atomic E-state index is 0.126. The number of piperidine rings is 1. The predicted molar refractivity (Wildman–Crippen MR) is 79.0 cm³/mol. The van der Waals surface area contributed by atoms with Gasteiger partial charge >= 0.3 is 12.0 Å². The van der Waals surface area contributed by atoms with Gasteiger partial charge < -0.3 is 15.3 Å². The molecule has 3 atom stereocenters. The van der Waals surface area contributed by atoms with Gasteiger partial charge in [0, 0.05) is 12.6 Å². The summed E-state index contributed by atoms with van der Waals surface area (Å²) in [6.07, 6.45) is 8.27. The van der Waals surface area contributed by atoms with Crippen LogP contribution in [0.25, 0.3) is 0 Å². The van der Waals surface area contributed by atoms with Crippen LogP contribution in [0.15, 0.2) is 0 Å². The number of fused-ring (bicyclic) bond motifs is 1. The predicted octanol–water partition coefficient (Wildman–Crippen LogP) is 2.60. The second-order valence-corrected chi connectivity index (χ2v) is 7.42. The zero-order valence-electron chi connectivity index (χ0n) is 12.8. The number of carboxylic acids is 1. The molecule has 0 bridgehead atoms. The van der Waals surface area contributed by atoms with Crippen molar-refractivity contribution < 1.29 is 14.7 Å². The van der Waals surface area contributed by atoms with Gasteiger partial charge in [0.15, 0.2) is 0 Å². The van der Waals surface area contributed by atoms with Crippen molar-refractivity contribution in [3.63, 3.8) is 0 Å². The summed E-state index contributed by atoms with van der Waals surface area (Å²) in [5.74, 6) is -0.358. The molecule has 2 saturated carbocycles. The summed E-state index contributed by atoms with van der Waals surface area (Å²) in [4.78, 5) is 25.8. The Bertz CT molecular complexity index is 433. The van der Waals surface area contributed by atoms with E-state index in [1.54, 1.807) is 4.90 Å². The SMILES string of the molecule is CC1(CNC(=O)N2C(C(=O)O)CCC3CCCCC32)CC1. The van der Waals surface area contributed by atoms with E-state index in [1.165, 1.54) is 6.42 Å². The average Bonchev–Trinajstić information content (AvgIpc) is 3.21. The molecule has 1 saturated heterocycles. The Labute approximate surface area is 126 Å². The Morgan fingerprint density at radius 1 is 1.19 bits per heavy atom. The maximum Gasteiger partial charge on any atom is 0.326 e. The number of hydrogen-bond acceptors (Lipinski definition) is 2. The molecule has 3 fully saturated rings. The summed E-state index contributed by atoms with van der Waals surface area (Å²) in [6, 6.07) is -0.677.